The number of hydrogen-bond donors (Lipinski definition) is 1. The molecule has 2 aromatic rings. The molecule has 24 heavy (non-hydrogen) atoms. The number of carboxylic acid groups (broad SMARTS) is 1. The van der Waals surface area contributed by atoms with E-state index in [2.05, 4.69) is 23.9 Å². The highest BCUT2D eigenvalue weighted by Crippen LogP contribution is 2.26. The second-order valence-electron chi connectivity index (χ2n) is 6.39. The van der Waals surface area contributed by atoms with Gasteiger partial charge in [-0.3, -0.25) is 4.79 Å². The van der Waals surface area contributed by atoms with Crippen molar-refractivity contribution >= 4 is 22.9 Å². The first kappa shape index (κ1) is 16.4. The van der Waals surface area contributed by atoms with E-state index < -0.39 is 12.0 Å². The van der Waals surface area contributed by atoms with Crippen LogP contribution in [0, 0.1) is 6.92 Å². The molecule has 128 valence electrons. The summed E-state index contributed by atoms with van der Waals surface area (Å²) >= 11 is 0. The molecular formula is C17H22N4O3. The van der Waals surface area contributed by atoms with Crippen molar-refractivity contribution in [3.8, 4) is 0 Å². The summed E-state index contributed by atoms with van der Waals surface area (Å²) in [7, 11) is 0. The van der Waals surface area contributed by atoms with Crippen molar-refractivity contribution in [1.29, 1.82) is 0 Å². The zero-order valence-electron chi connectivity index (χ0n) is 14.2. The maximum absolute atomic E-state index is 13.0. The molecule has 1 amide bonds. The maximum atomic E-state index is 13.0. The summed E-state index contributed by atoms with van der Waals surface area (Å²) in [5.74, 6) is -1.20. The first-order valence-corrected chi connectivity index (χ1v) is 8.32. The second-order valence-corrected chi connectivity index (χ2v) is 6.39. The zero-order valence-corrected chi connectivity index (χ0v) is 14.2. The monoisotopic (exact) mass is 330 g/mol. The summed E-state index contributed by atoms with van der Waals surface area (Å²) in [5.41, 5.74) is 1.89. The van der Waals surface area contributed by atoms with Crippen LogP contribution in [0.4, 0.5) is 0 Å². The molecule has 0 radical (unpaired) electrons. The van der Waals surface area contributed by atoms with Crippen molar-refractivity contribution in [2.24, 2.45) is 0 Å². The van der Waals surface area contributed by atoms with Crippen LogP contribution in [0.2, 0.25) is 0 Å². The summed E-state index contributed by atoms with van der Waals surface area (Å²) in [6.45, 7) is 6.43. The lowest BCUT2D eigenvalue weighted by molar-refractivity contribution is -0.141. The van der Waals surface area contributed by atoms with Gasteiger partial charge in [-0.05, 0) is 39.2 Å². The molecular weight excluding hydrogens is 308 g/mol. The van der Waals surface area contributed by atoms with Crippen molar-refractivity contribution in [1.82, 2.24) is 19.7 Å². The van der Waals surface area contributed by atoms with Gasteiger partial charge in [0.15, 0.2) is 5.65 Å². The summed E-state index contributed by atoms with van der Waals surface area (Å²) in [6.07, 6.45) is 3.78. The van der Waals surface area contributed by atoms with E-state index in [0.717, 1.165) is 12.1 Å². The Kier molecular flexibility index (Phi) is 4.26. The number of aromatic nitrogens is 3. The lowest BCUT2D eigenvalue weighted by Crippen LogP contribution is -2.40. The molecule has 0 unspecified atom stereocenters. The van der Waals surface area contributed by atoms with Crippen molar-refractivity contribution in [3.63, 3.8) is 0 Å². The minimum atomic E-state index is -0.946. The number of carboxylic acids is 1. The van der Waals surface area contributed by atoms with E-state index in [1.54, 1.807) is 12.3 Å². The number of nitrogens with zero attached hydrogens (tertiary/aromatic N) is 4. The van der Waals surface area contributed by atoms with Crippen LogP contribution >= 0.6 is 0 Å². The van der Waals surface area contributed by atoms with Gasteiger partial charge in [-0.25, -0.2) is 14.5 Å². The highest BCUT2D eigenvalue weighted by Gasteiger charge is 2.35. The molecule has 1 aliphatic rings. The summed E-state index contributed by atoms with van der Waals surface area (Å²) in [4.78, 5) is 30.4. The van der Waals surface area contributed by atoms with E-state index >= 15 is 0 Å². The zero-order chi connectivity index (χ0) is 17.4. The Balaban J connectivity index is 2.08. The Labute approximate surface area is 140 Å². The Morgan fingerprint density at radius 3 is 2.88 bits per heavy atom. The first-order valence-electron chi connectivity index (χ1n) is 8.32. The third-order valence-electron chi connectivity index (χ3n) is 4.73. The topological polar surface area (TPSA) is 88.3 Å². The highest BCUT2D eigenvalue weighted by atomic mass is 16.4. The van der Waals surface area contributed by atoms with E-state index in [0.29, 0.717) is 36.0 Å². The van der Waals surface area contributed by atoms with Crippen molar-refractivity contribution < 1.29 is 14.7 Å². The standard InChI is InChI=1S/C17H22N4O3/c1-4-11(3)21-15-13(9-18-21)12(8-10(2)19-15)16(22)20-7-5-6-14(20)17(23)24/h8-9,11,14H,4-7H2,1-3H3,(H,23,24)/t11-,14-/m0/s1. The predicted molar refractivity (Wildman–Crippen MR) is 89.0 cm³/mol. The predicted octanol–water partition coefficient (Wildman–Crippen LogP) is 2.40. The van der Waals surface area contributed by atoms with E-state index in [9.17, 15) is 14.7 Å². The lowest BCUT2D eigenvalue weighted by atomic mass is 10.1. The molecule has 1 aliphatic heterocycles. The number of likely N-dealkylation sites (tertiary alicyclic amines) is 1. The van der Waals surface area contributed by atoms with E-state index in [-0.39, 0.29) is 11.9 Å². The van der Waals surface area contributed by atoms with Crippen molar-refractivity contribution in [3.05, 3.63) is 23.5 Å². The van der Waals surface area contributed by atoms with Crippen LogP contribution in [0.25, 0.3) is 11.0 Å². The van der Waals surface area contributed by atoms with Gasteiger partial charge < -0.3 is 10.0 Å². The molecule has 7 heteroatoms. The quantitative estimate of drug-likeness (QED) is 0.930. The fraction of sp³-hybridized carbons (Fsp3) is 0.529. The van der Waals surface area contributed by atoms with E-state index in [1.165, 1.54) is 4.90 Å². The Morgan fingerprint density at radius 1 is 1.46 bits per heavy atom. The van der Waals surface area contributed by atoms with Gasteiger partial charge in [0.1, 0.15) is 6.04 Å². The number of fused-ring (bicyclic) bond motifs is 1. The van der Waals surface area contributed by atoms with E-state index in [4.69, 9.17) is 0 Å². The minimum absolute atomic E-state index is 0.179. The van der Waals surface area contributed by atoms with Crippen LogP contribution in [0.3, 0.4) is 0 Å². The normalized spacial score (nSPS) is 19.0. The molecule has 0 saturated carbocycles. The molecule has 3 heterocycles. The molecule has 2 aromatic heterocycles. The Hall–Kier alpha value is -2.44. The summed E-state index contributed by atoms with van der Waals surface area (Å²) in [5, 5.41) is 14.4. The van der Waals surface area contributed by atoms with Gasteiger partial charge in [0, 0.05) is 12.2 Å². The second kappa shape index (κ2) is 6.22. The van der Waals surface area contributed by atoms with Crippen molar-refractivity contribution in [2.75, 3.05) is 6.54 Å². The van der Waals surface area contributed by atoms with Gasteiger partial charge in [-0.15, -0.1) is 0 Å². The SMILES string of the molecule is CC[C@H](C)n1ncc2c(C(=O)N3CCC[C@H]3C(=O)O)cc(C)nc21. The average molecular weight is 330 g/mol. The van der Waals surface area contributed by atoms with Crippen molar-refractivity contribution in [2.45, 2.75) is 52.1 Å². The van der Waals surface area contributed by atoms with Crippen LogP contribution in [-0.4, -0.2) is 49.2 Å². The smallest absolute Gasteiger partial charge is 0.326 e. The number of hydrogen-bond acceptors (Lipinski definition) is 4. The number of aliphatic carboxylic acids is 1. The van der Waals surface area contributed by atoms with Crippen LogP contribution in [0.5, 0.6) is 0 Å². The molecule has 3 rings (SSSR count). The number of amides is 1. The van der Waals surface area contributed by atoms with E-state index in [1.807, 2.05) is 11.6 Å². The van der Waals surface area contributed by atoms with Gasteiger partial charge in [0.05, 0.1) is 23.2 Å². The van der Waals surface area contributed by atoms with Gasteiger partial charge in [0.2, 0.25) is 0 Å². The molecule has 1 fully saturated rings. The summed E-state index contributed by atoms with van der Waals surface area (Å²) in [6, 6.07) is 1.16. The number of carbonyl (C=O) groups excluding carboxylic acids is 1. The third-order valence-corrected chi connectivity index (χ3v) is 4.73. The maximum Gasteiger partial charge on any atom is 0.326 e. The Bertz CT molecular complexity index is 798. The fourth-order valence-electron chi connectivity index (χ4n) is 3.24. The number of aryl methyl sites for hydroxylation is 1. The Morgan fingerprint density at radius 2 is 2.21 bits per heavy atom. The average Bonchev–Trinajstić information content (AvgIpc) is 3.19. The fourth-order valence-corrected chi connectivity index (χ4v) is 3.24. The molecule has 1 N–H and O–H groups in total. The summed E-state index contributed by atoms with van der Waals surface area (Å²) < 4.78 is 1.83. The van der Waals surface area contributed by atoms with Gasteiger partial charge in [-0.2, -0.15) is 5.10 Å². The number of rotatable bonds is 4. The van der Waals surface area contributed by atoms with Crippen LogP contribution in [0.15, 0.2) is 12.3 Å². The number of pyridine rings is 1. The highest BCUT2D eigenvalue weighted by molar-refractivity contribution is 6.06. The molecule has 0 aromatic carbocycles. The molecule has 0 aliphatic carbocycles. The van der Waals surface area contributed by atoms with Gasteiger partial charge in [-0.1, -0.05) is 6.92 Å². The molecule has 7 nitrogen and oxygen atoms in total. The van der Waals surface area contributed by atoms with Gasteiger partial charge >= 0.3 is 5.97 Å². The number of carbonyl (C=O) groups is 2. The minimum Gasteiger partial charge on any atom is -0.480 e. The van der Waals surface area contributed by atoms with Gasteiger partial charge in [0.25, 0.3) is 5.91 Å². The molecule has 2 atom stereocenters. The van der Waals surface area contributed by atoms with Crippen LogP contribution < -0.4 is 0 Å². The molecule has 0 spiro atoms. The van der Waals surface area contributed by atoms with Crippen LogP contribution in [-0.2, 0) is 4.79 Å². The largest absolute Gasteiger partial charge is 0.480 e. The first-order chi connectivity index (χ1) is 11.4. The molecule has 1 saturated heterocycles. The third kappa shape index (κ3) is 2.64. The van der Waals surface area contributed by atoms with Crippen LogP contribution in [0.1, 0.15) is 55.2 Å². The lowest BCUT2D eigenvalue weighted by Gasteiger charge is -2.22. The molecule has 0 bridgehead atoms.